The Morgan fingerprint density at radius 1 is 1.23 bits per heavy atom. The minimum atomic E-state index is -0.236. The summed E-state index contributed by atoms with van der Waals surface area (Å²) in [6.45, 7) is 3.19. The molecule has 122 valence electrons. The molecule has 0 aromatic rings. The first kappa shape index (κ1) is 17.1. The first-order chi connectivity index (χ1) is 10.6. The van der Waals surface area contributed by atoms with Crippen LogP contribution in [-0.2, 0) is 14.4 Å². The molecule has 0 radical (unpaired) electrons. The Kier molecular flexibility index (Phi) is 6.57. The molecule has 7 heteroatoms. The lowest BCUT2D eigenvalue weighted by atomic mass is 10.1. The molecule has 2 heterocycles. The Labute approximate surface area is 139 Å². The van der Waals surface area contributed by atoms with Gasteiger partial charge < -0.3 is 5.32 Å². The van der Waals surface area contributed by atoms with E-state index in [1.807, 2.05) is 0 Å². The van der Waals surface area contributed by atoms with Crippen LogP contribution in [-0.4, -0.2) is 52.7 Å². The predicted molar refractivity (Wildman–Crippen MR) is 85.9 cm³/mol. The van der Waals surface area contributed by atoms with Crippen LogP contribution in [0.1, 0.15) is 32.1 Å². The van der Waals surface area contributed by atoms with Gasteiger partial charge in [-0.1, -0.05) is 6.42 Å². The van der Waals surface area contributed by atoms with Crippen molar-refractivity contribution in [3.63, 3.8) is 0 Å². The average molecular weight is 372 g/mol. The number of hydrogen-bond donors (Lipinski definition) is 1. The number of nitrogens with zero attached hydrogens (tertiary/aromatic N) is 2. The van der Waals surface area contributed by atoms with E-state index in [1.54, 1.807) is 0 Å². The van der Waals surface area contributed by atoms with Crippen LogP contribution < -0.4 is 5.32 Å². The molecule has 22 heavy (non-hydrogen) atoms. The van der Waals surface area contributed by atoms with E-state index in [1.165, 1.54) is 17.1 Å². The van der Waals surface area contributed by atoms with Crippen LogP contribution in [0.25, 0.3) is 0 Å². The van der Waals surface area contributed by atoms with E-state index < -0.39 is 0 Å². The lowest BCUT2D eigenvalue weighted by Gasteiger charge is -2.13. The molecule has 3 amide bonds. The quantitative estimate of drug-likeness (QED) is 0.395. The summed E-state index contributed by atoms with van der Waals surface area (Å²) in [5, 5.41) is 2.98. The third-order valence-electron chi connectivity index (χ3n) is 4.01. The number of carbonyl (C=O) groups excluding carboxylic acids is 3. The molecule has 1 unspecified atom stereocenters. The highest BCUT2D eigenvalue weighted by molar-refractivity contribution is 9.07. The molecule has 1 N–H and O–H groups in total. The smallest absolute Gasteiger partial charge is 0.253 e. The third kappa shape index (κ3) is 5.21. The maximum absolute atomic E-state index is 11.7. The first-order valence-corrected chi connectivity index (χ1v) is 8.48. The summed E-state index contributed by atoms with van der Waals surface area (Å²) in [4.78, 5) is 35.7. The van der Waals surface area contributed by atoms with E-state index >= 15 is 0 Å². The van der Waals surface area contributed by atoms with E-state index in [-0.39, 0.29) is 17.7 Å². The fourth-order valence-electron chi connectivity index (χ4n) is 2.68. The van der Waals surface area contributed by atoms with Gasteiger partial charge in [-0.15, -0.1) is 0 Å². The Balaban J connectivity index is 1.49. The van der Waals surface area contributed by atoms with Crippen LogP contribution in [0.4, 0.5) is 0 Å². The summed E-state index contributed by atoms with van der Waals surface area (Å²) in [6, 6.07) is 0. The van der Waals surface area contributed by atoms with Gasteiger partial charge in [-0.2, -0.15) is 0 Å². The minimum Gasteiger partial charge on any atom is -0.356 e. The van der Waals surface area contributed by atoms with Gasteiger partial charge in [0.1, 0.15) is 0 Å². The summed E-state index contributed by atoms with van der Waals surface area (Å²) < 4.78 is 2.10. The normalized spacial score (nSPS) is 21.9. The van der Waals surface area contributed by atoms with Crippen molar-refractivity contribution in [2.75, 3.05) is 26.2 Å². The van der Waals surface area contributed by atoms with Gasteiger partial charge in [0.05, 0.1) is 0 Å². The van der Waals surface area contributed by atoms with Gasteiger partial charge in [-0.05, 0) is 25.2 Å². The van der Waals surface area contributed by atoms with Crippen LogP contribution in [0.2, 0.25) is 0 Å². The highest BCUT2D eigenvalue weighted by Gasteiger charge is 2.22. The molecule has 1 fully saturated rings. The minimum absolute atomic E-state index is 0.0861. The van der Waals surface area contributed by atoms with E-state index in [4.69, 9.17) is 0 Å². The Morgan fingerprint density at radius 3 is 2.59 bits per heavy atom. The summed E-state index contributed by atoms with van der Waals surface area (Å²) in [7, 11) is 0. The fourth-order valence-corrected chi connectivity index (χ4v) is 3.30. The first-order valence-electron chi connectivity index (χ1n) is 7.77. The van der Waals surface area contributed by atoms with Crippen molar-refractivity contribution in [1.29, 1.82) is 0 Å². The van der Waals surface area contributed by atoms with Crippen molar-refractivity contribution in [3.8, 4) is 0 Å². The largest absolute Gasteiger partial charge is 0.356 e. The van der Waals surface area contributed by atoms with Gasteiger partial charge in [0, 0.05) is 60.9 Å². The van der Waals surface area contributed by atoms with Crippen molar-refractivity contribution in [2.24, 2.45) is 5.92 Å². The molecule has 0 saturated carbocycles. The maximum Gasteiger partial charge on any atom is 0.253 e. The van der Waals surface area contributed by atoms with Gasteiger partial charge in [0.25, 0.3) is 11.8 Å². The van der Waals surface area contributed by atoms with E-state index in [0.29, 0.717) is 18.9 Å². The van der Waals surface area contributed by atoms with Crippen molar-refractivity contribution >= 4 is 33.9 Å². The van der Waals surface area contributed by atoms with Crippen molar-refractivity contribution in [2.45, 2.75) is 32.1 Å². The molecule has 2 aliphatic rings. The molecule has 0 bridgehead atoms. The molecule has 2 aliphatic heterocycles. The number of rotatable bonds is 8. The summed E-state index contributed by atoms with van der Waals surface area (Å²) in [5.74, 6) is 0.145. The highest BCUT2D eigenvalue weighted by atomic mass is 79.9. The van der Waals surface area contributed by atoms with Crippen LogP contribution in [0.15, 0.2) is 12.2 Å². The second-order valence-corrected chi connectivity index (χ2v) is 6.80. The van der Waals surface area contributed by atoms with Crippen molar-refractivity contribution in [1.82, 2.24) is 14.1 Å². The zero-order chi connectivity index (χ0) is 15.9. The third-order valence-corrected chi connectivity index (χ3v) is 4.65. The molecule has 2 rings (SSSR count). The molecule has 0 aromatic heterocycles. The molecule has 0 aromatic carbocycles. The van der Waals surface area contributed by atoms with E-state index in [0.717, 1.165) is 45.3 Å². The Hall–Kier alpha value is -1.21. The monoisotopic (exact) mass is 371 g/mol. The lowest BCUT2D eigenvalue weighted by Crippen LogP contribution is -2.31. The van der Waals surface area contributed by atoms with Crippen LogP contribution in [0.3, 0.4) is 0 Å². The number of hydrogen-bond acceptors (Lipinski definition) is 4. The van der Waals surface area contributed by atoms with Crippen molar-refractivity contribution < 1.29 is 14.4 Å². The molecule has 6 nitrogen and oxygen atoms in total. The van der Waals surface area contributed by atoms with Crippen molar-refractivity contribution in [3.05, 3.63) is 12.2 Å². The molecule has 1 atom stereocenters. The van der Waals surface area contributed by atoms with Gasteiger partial charge in [-0.25, -0.2) is 3.93 Å². The zero-order valence-corrected chi connectivity index (χ0v) is 14.2. The zero-order valence-electron chi connectivity index (χ0n) is 12.6. The highest BCUT2D eigenvalue weighted by Crippen LogP contribution is 2.18. The number of halogens is 1. The lowest BCUT2D eigenvalue weighted by molar-refractivity contribution is -0.136. The van der Waals surface area contributed by atoms with Gasteiger partial charge in [-0.3, -0.25) is 19.3 Å². The topological polar surface area (TPSA) is 69.7 Å². The second-order valence-electron chi connectivity index (χ2n) is 5.80. The maximum atomic E-state index is 11.7. The fraction of sp³-hybridized carbons (Fsp3) is 0.667. The van der Waals surface area contributed by atoms with Gasteiger partial charge in [0.2, 0.25) is 5.91 Å². The number of imide groups is 1. The number of nitrogens with one attached hydrogen (secondary N) is 1. The van der Waals surface area contributed by atoms with Crippen LogP contribution in [0.5, 0.6) is 0 Å². The second kappa shape index (κ2) is 8.43. The van der Waals surface area contributed by atoms with Crippen LogP contribution >= 0.6 is 16.1 Å². The SMILES string of the molecule is O=C(CCCCCN1C(=O)C=CC1=O)NCC1CCN(Br)C1. The number of carbonyl (C=O) groups is 3. The Bertz CT molecular complexity index is 449. The van der Waals surface area contributed by atoms with Gasteiger partial charge in [0.15, 0.2) is 0 Å². The molecular weight excluding hydrogens is 350 g/mol. The molecule has 1 saturated heterocycles. The van der Waals surface area contributed by atoms with E-state index in [9.17, 15) is 14.4 Å². The van der Waals surface area contributed by atoms with Crippen LogP contribution in [0, 0.1) is 5.92 Å². The summed E-state index contributed by atoms with van der Waals surface area (Å²) >= 11 is 3.45. The number of amides is 3. The molecule has 0 aliphatic carbocycles. The summed E-state index contributed by atoms with van der Waals surface area (Å²) in [5.41, 5.74) is 0. The average Bonchev–Trinajstić information content (AvgIpc) is 3.04. The Morgan fingerprint density at radius 2 is 1.95 bits per heavy atom. The predicted octanol–water partition coefficient (Wildman–Crippen LogP) is 1.22. The molecule has 0 spiro atoms. The number of unbranched alkanes of at least 4 members (excludes halogenated alkanes) is 2. The standard InChI is InChI=1S/C15H22BrN3O3/c16-18-9-7-12(11-18)10-17-13(20)4-2-1-3-8-19-14(21)5-6-15(19)22/h5-6,12H,1-4,7-11H2,(H,17,20). The summed E-state index contributed by atoms with van der Waals surface area (Å²) in [6.07, 6.45) is 6.57. The molecular formula is C15H22BrN3O3. The van der Waals surface area contributed by atoms with E-state index in [2.05, 4.69) is 25.4 Å². The van der Waals surface area contributed by atoms with Gasteiger partial charge >= 0.3 is 0 Å².